The normalized spacial score (nSPS) is 9.93. The highest BCUT2D eigenvalue weighted by Crippen LogP contribution is 2.18. The molecule has 0 aliphatic rings. The second-order valence-electron chi connectivity index (χ2n) is 3.10. The van der Waals surface area contributed by atoms with Crippen LogP contribution in [0.25, 0.3) is 0 Å². The highest BCUT2D eigenvalue weighted by Gasteiger charge is 2.12. The second kappa shape index (κ2) is 3.57. The maximum absolute atomic E-state index is 13.2. The standard InChI is InChI=1S/C10H11FN2O/c1-5(12)7-3-8(6(2)14)9(11)4-10(7)13/h3-4,12H,13H2,1-2H3. The van der Waals surface area contributed by atoms with Crippen LogP contribution < -0.4 is 5.73 Å². The van der Waals surface area contributed by atoms with Crippen molar-refractivity contribution in [2.24, 2.45) is 0 Å². The fourth-order valence-electron chi connectivity index (χ4n) is 1.18. The Labute approximate surface area is 81.2 Å². The SMILES string of the molecule is CC(=N)c1cc(C(C)=O)c(F)cc1N. The number of benzene rings is 1. The van der Waals surface area contributed by atoms with Gasteiger partial charge in [-0.25, -0.2) is 4.39 Å². The Bertz CT molecular complexity index is 378. The molecular formula is C10H11FN2O. The predicted molar refractivity (Wildman–Crippen MR) is 53.3 cm³/mol. The molecule has 0 unspecified atom stereocenters. The minimum Gasteiger partial charge on any atom is -0.398 e. The highest BCUT2D eigenvalue weighted by atomic mass is 19.1. The summed E-state index contributed by atoms with van der Waals surface area (Å²) in [6.45, 7) is 2.81. The number of carbonyl (C=O) groups excluding carboxylic acids is 1. The van der Waals surface area contributed by atoms with Crippen molar-refractivity contribution in [2.45, 2.75) is 13.8 Å². The van der Waals surface area contributed by atoms with Gasteiger partial charge in [0.1, 0.15) is 5.82 Å². The molecule has 0 saturated carbocycles. The van der Waals surface area contributed by atoms with Gasteiger partial charge in [-0.2, -0.15) is 0 Å². The second-order valence-corrected chi connectivity index (χ2v) is 3.10. The Kier molecular flexibility index (Phi) is 2.65. The number of nitrogens with two attached hydrogens (primary N) is 1. The summed E-state index contributed by atoms with van der Waals surface area (Å²) in [5.74, 6) is -1.01. The van der Waals surface area contributed by atoms with E-state index >= 15 is 0 Å². The molecule has 3 nitrogen and oxygen atoms in total. The molecule has 4 heteroatoms. The van der Waals surface area contributed by atoms with E-state index in [1.54, 1.807) is 0 Å². The van der Waals surface area contributed by atoms with E-state index < -0.39 is 5.82 Å². The van der Waals surface area contributed by atoms with Gasteiger partial charge in [0.25, 0.3) is 0 Å². The van der Waals surface area contributed by atoms with E-state index in [0.29, 0.717) is 5.56 Å². The van der Waals surface area contributed by atoms with Gasteiger partial charge in [-0.3, -0.25) is 4.79 Å². The van der Waals surface area contributed by atoms with Gasteiger partial charge in [0, 0.05) is 17.0 Å². The third-order valence-corrected chi connectivity index (χ3v) is 1.92. The summed E-state index contributed by atoms with van der Waals surface area (Å²) in [6, 6.07) is 2.39. The van der Waals surface area contributed by atoms with Gasteiger partial charge in [0.2, 0.25) is 0 Å². The third-order valence-electron chi connectivity index (χ3n) is 1.92. The molecule has 0 atom stereocenters. The fraction of sp³-hybridized carbons (Fsp3) is 0.200. The molecule has 74 valence electrons. The van der Waals surface area contributed by atoms with Crippen LogP contribution >= 0.6 is 0 Å². The van der Waals surface area contributed by atoms with E-state index in [9.17, 15) is 9.18 Å². The van der Waals surface area contributed by atoms with E-state index in [2.05, 4.69) is 0 Å². The van der Waals surface area contributed by atoms with Crippen molar-refractivity contribution in [1.29, 1.82) is 5.41 Å². The van der Waals surface area contributed by atoms with Crippen molar-refractivity contribution in [2.75, 3.05) is 5.73 Å². The Morgan fingerprint density at radius 2 is 1.93 bits per heavy atom. The molecule has 0 aromatic heterocycles. The van der Waals surface area contributed by atoms with Crippen molar-refractivity contribution in [1.82, 2.24) is 0 Å². The van der Waals surface area contributed by atoms with E-state index in [0.717, 1.165) is 6.07 Å². The van der Waals surface area contributed by atoms with Crippen molar-refractivity contribution in [3.8, 4) is 0 Å². The van der Waals surface area contributed by atoms with Crippen molar-refractivity contribution < 1.29 is 9.18 Å². The number of ketones is 1. The predicted octanol–water partition coefficient (Wildman–Crippen LogP) is 2.00. The van der Waals surface area contributed by atoms with Crippen LogP contribution in [-0.2, 0) is 0 Å². The molecule has 0 aliphatic heterocycles. The Balaban J connectivity index is 3.42. The minimum absolute atomic E-state index is 0.0270. The monoisotopic (exact) mass is 194 g/mol. The molecule has 0 spiro atoms. The largest absolute Gasteiger partial charge is 0.398 e. The van der Waals surface area contributed by atoms with E-state index in [1.807, 2.05) is 0 Å². The molecule has 1 aromatic carbocycles. The van der Waals surface area contributed by atoms with Crippen molar-refractivity contribution >= 4 is 17.2 Å². The van der Waals surface area contributed by atoms with Gasteiger partial charge in [-0.1, -0.05) is 0 Å². The summed E-state index contributed by atoms with van der Waals surface area (Å²) in [5, 5.41) is 7.37. The molecular weight excluding hydrogens is 183 g/mol. The maximum atomic E-state index is 13.2. The van der Waals surface area contributed by atoms with Gasteiger partial charge in [-0.15, -0.1) is 0 Å². The molecule has 1 rings (SSSR count). The number of carbonyl (C=O) groups is 1. The molecule has 0 fully saturated rings. The lowest BCUT2D eigenvalue weighted by Crippen LogP contribution is -2.05. The first-order valence-electron chi connectivity index (χ1n) is 4.09. The van der Waals surface area contributed by atoms with Gasteiger partial charge in [0.15, 0.2) is 5.78 Å². The molecule has 1 aromatic rings. The fourth-order valence-corrected chi connectivity index (χ4v) is 1.18. The summed E-state index contributed by atoms with van der Waals surface area (Å²) in [5.41, 5.74) is 6.27. The molecule has 0 radical (unpaired) electrons. The topological polar surface area (TPSA) is 66.9 Å². The summed E-state index contributed by atoms with van der Waals surface area (Å²) >= 11 is 0. The molecule has 0 aliphatic carbocycles. The van der Waals surface area contributed by atoms with Crippen LogP contribution in [0.5, 0.6) is 0 Å². The maximum Gasteiger partial charge on any atom is 0.162 e. The van der Waals surface area contributed by atoms with Crippen LogP contribution in [0.1, 0.15) is 29.8 Å². The van der Waals surface area contributed by atoms with E-state index in [4.69, 9.17) is 11.1 Å². The number of anilines is 1. The van der Waals surface area contributed by atoms with Gasteiger partial charge in [0.05, 0.1) is 5.56 Å². The zero-order chi connectivity index (χ0) is 10.9. The molecule has 3 N–H and O–H groups in total. The number of hydrogen-bond donors (Lipinski definition) is 2. The van der Waals surface area contributed by atoms with Gasteiger partial charge in [-0.05, 0) is 26.0 Å². The molecule has 0 heterocycles. The zero-order valence-corrected chi connectivity index (χ0v) is 8.02. The van der Waals surface area contributed by atoms with Gasteiger partial charge < -0.3 is 11.1 Å². The third kappa shape index (κ3) is 1.79. The number of rotatable bonds is 2. The quantitative estimate of drug-likeness (QED) is 0.429. The van der Waals surface area contributed by atoms with Crippen LogP contribution in [0, 0.1) is 11.2 Å². The smallest absolute Gasteiger partial charge is 0.162 e. The summed E-state index contributed by atoms with van der Waals surface area (Å²) in [6.07, 6.45) is 0. The number of nitrogen functional groups attached to an aromatic ring is 1. The lowest BCUT2D eigenvalue weighted by atomic mass is 10.0. The van der Waals surface area contributed by atoms with Gasteiger partial charge >= 0.3 is 0 Å². The number of Topliss-reactive ketones (excluding diaryl/α,β-unsaturated/α-hetero) is 1. The Hall–Kier alpha value is -1.71. The van der Waals surface area contributed by atoms with E-state index in [1.165, 1.54) is 19.9 Å². The Morgan fingerprint density at radius 3 is 2.36 bits per heavy atom. The average Bonchev–Trinajstić information content (AvgIpc) is 2.02. The van der Waals surface area contributed by atoms with Crippen LogP contribution in [0.3, 0.4) is 0 Å². The Morgan fingerprint density at radius 1 is 1.36 bits per heavy atom. The first-order chi connectivity index (χ1) is 6.43. The highest BCUT2D eigenvalue weighted by molar-refractivity contribution is 6.04. The molecule has 0 amide bonds. The number of halogens is 1. The van der Waals surface area contributed by atoms with E-state index in [-0.39, 0.29) is 22.7 Å². The first-order valence-corrected chi connectivity index (χ1v) is 4.09. The lowest BCUT2D eigenvalue weighted by Gasteiger charge is -2.06. The van der Waals surface area contributed by atoms with Crippen molar-refractivity contribution in [3.05, 3.63) is 29.1 Å². The number of hydrogen-bond acceptors (Lipinski definition) is 3. The lowest BCUT2D eigenvalue weighted by molar-refractivity contribution is 0.101. The number of nitrogens with one attached hydrogen (secondary N) is 1. The van der Waals surface area contributed by atoms with Crippen LogP contribution in [-0.4, -0.2) is 11.5 Å². The summed E-state index contributed by atoms with van der Waals surface area (Å²) < 4.78 is 13.2. The zero-order valence-electron chi connectivity index (χ0n) is 8.02. The van der Waals surface area contributed by atoms with Crippen LogP contribution in [0.4, 0.5) is 10.1 Å². The summed E-state index contributed by atoms with van der Waals surface area (Å²) in [7, 11) is 0. The van der Waals surface area contributed by atoms with Crippen molar-refractivity contribution in [3.63, 3.8) is 0 Å². The minimum atomic E-state index is -0.639. The first kappa shape index (κ1) is 10.4. The molecule has 14 heavy (non-hydrogen) atoms. The average molecular weight is 194 g/mol. The van der Waals surface area contributed by atoms with Crippen LogP contribution in [0.15, 0.2) is 12.1 Å². The van der Waals surface area contributed by atoms with Crippen LogP contribution in [0.2, 0.25) is 0 Å². The summed E-state index contributed by atoms with van der Waals surface area (Å²) in [4.78, 5) is 11.0. The molecule has 0 saturated heterocycles. The molecule has 0 bridgehead atoms.